The molecule has 0 saturated heterocycles. The molecule has 1 aromatic heterocycles. The van der Waals surface area contributed by atoms with E-state index in [2.05, 4.69) is 20.2 Å². The van der Waals surface area contributed by atoms with Crippen LogP contribution in [0.3, 0.4) is 0 Å². The predicted octanol–water partition coefficient (Wildman–Crippen LogP) is 3.64. The molecule has 0 bridgehead atoms. The molecule has 3 rings (SSSR count). The second-order valence-electron chi connectivity index (χ2n) is 6.51. The molecule has 8 heteroatoms. The third-order valence-corrected chi connectivity index (χ3v) is 5.78. The Bertz CT molecular complexity index is 1000. The third kappa shape index (κ3) is 4.22. The molecular formula is C19H23N5O2S. The Morgan fingerprint density at radius 2 is 1.41 bits per heavy atom. The van der Waals surface area contributed by atoms with Crippen molar-refractivity contribution < 1.29 is 8.42 Å². The number of H-pyrrole nitrogens is 1. The number of sulfonamides is 1. The molecule has 27 heavy (non-hydrogen) atoms. The molecule has 0 atom stereocenters. The van der Waals surface area contributed by atoms with Gasteiger partial charge in [0.1, 0.15) is 4.90 Å². The van der Waals surface area contributed by atoms with Gasteiger partial charge in [0.15, 0.2) is 0 Å². The number of hydrogen-bond acceptors (Lipinski definition) is 5. The summed E-state index contributed by atoms with van der Waals surface area (Å²) in [6.45, 7) is 3.34. The summed E-state index contributed by atoms with van der Waals surface area (Å²) >= 11 is 0. The van der Waals surface area contributed by atoms with Gasteiger partial charge in [-0.3, -0.25) is 9.82 Å². The van der Waals surface area contributed by atoms with E-state index in [9.17, 15) is 8.42 Å². The van der Waals surface area contributed by atoms with Gasteiger partial charge >= 0.3 is 0 Å². The molecule has 1 heterocycles. The number of aryl methyl sites for hydroxylation is 2. The first-order valence-corrected chi connectivity index (χ1v) is 9.93. The molecule has 7 nitrogen and oxygen atoms in total. The Hall–Kier alpha value is -3.00. The number of nitrogens with zero attached hydrogens (tertiary/aromatic N) is 2. The number of anilines is 4. The molecule has 0 aliphatic carbocycles. The summed E-state index contributed by atoms with van der Waals surface area (Å²) in [7, 11) is 0.305. The Morgan fingerprint density at radius 1 is 0.889 bits per heavy atom. The van der Waals surface area contributed by atoms with Crippen LogP contribution in [0.2, 0.25) is 0 Å². The fourth-order valence-electron chi connectivity index (χ4n) is 2.77. The molecule has 2 aromatic carbocycles. The predicted molar refractivity (Wildman–Crippen MR) is 109 cm³/mol. The quantitative estimate of drug-likeness (QED) is 0.603. The van der Waals surface area contributed by atoms with Crippen LogP contribution in [0, 0.1) is 13.8 Å². The van der Waals surface area contributed by atoms with Crippen molar-refractivity contribution in [2.24, 2.45) is 0 Å². The molecule has 142 valence electrons. The van der Waals surface area contributed by atoms with E-state index in [1.807, 2.05) is 55.4 Å². The van der Waals surface area contributed by atoms with E-state index >= 15 is 0 Å². The van der Waals surface area contributed by atoms with Crippen molar-refractivity contribution in [3.63, 3.8) is 0 Å². The maximum atomic E-state index is 12.6. The number of aromatic amines is 1. The van der Waals surface area contributed by atoms with Crippen molar-refractivity contribution in [2.75, 3.05) is 29.0 Å². The maximum Gasteiger partial charge on any atom is 0.265 e. The minimum atomic E-state index is -3.68. The lowest BCUT2D eigenvalue weighted by molar-refractivity contribution is 0.600. The number of aromatic nitrogens is 2. The lowest BCUT2D eigenvalue weighted by Crippen LogP contribution is -2.14. The van der Waals surface area contributed by atoms with Gasteiger partial charge in [-0.1, -0.05) is 0 Å². The van der Waals surface area contributed by atoms with Gasteiger partial charge < -0.3 is 10.2 Å². The molecule has 0 aliphatic rings. The molecular weight excluding hydrogens is 362 g/mol. The fraction of sp³-hybridized carbons (Fsp3) is 0.211. The highest BCUT2D eigenvalue weighted by atomic mass is 32.2. The summed E-state index contributed by atoms with van der Waals surface area (Å²) in [5.41, 5.74) is 4.39. The van der Waals surface area contributed by atoms with Crippen LogP contribution in [0.4, 0.5) is 22.7 Å². The van der Waals surface area contributed by atoms with Gasteiger partial charge in [-0.05, 0) is 62.4 Å². The maximum absolute atomic E-state index is 12.6. The first kappa shape index (κ1) is 18.8. The van der Waals surface area contributed by atoms with Gasteiger partial charge in [-0.25, -0.2) is 8.42 Å². The van der Waals surface area contributed by atoms with E-state index in [0.29, 0.717) is 17.1 Å². The molecule has 0 aliphatic heterocycles. The second-order valence-corrected chi connectivity index (χ2v) is 8.13. The molecule has 0 spiro atoms. The summed E-state index contributed by atoms with van der Waals surface area (Å²) in [4.78, 5) is 2.22. The largest absolute Gasteiger partial charge is 0.378 e. The monoisotopic (exact) mass is 385 g/mol. The van der Waals surface area contributed by atoms with Gasteiger partial charge in [-0.2, -0.15) is 5.10 Å². The smallest absolute Gasteiger partial charge is 0.265 e. The summed E-state index contributed by atoms with van der Waals surface area (Å²) in [6.07, 6.45) is 0. The van der Waals surface area contributed by atoms with Crippen molar-refractivity contribution in [2.45, 2.75) is 18.7 Å². The standard InChI is InChI=1S/C19H23N5O2S/c1-13-19(14(2)22-21-13)27(25,26)23-17-7-5-15(6-8-17)20-16-9-11-18(12-10-16)24(3)4/h5-12,20,23H,1-4H3,(H,21,22). The first-order valence-electron chi connectivity index (χ1n) is 8.45. The summed E-state index contributed by atoms with van der Waals surface area (Å²) < 4.78 is 27.7. The summed E-state index contributed by atoms with van der Waals surface area (Å²) in [6, 6.07) is 15.1. The Kier molecular flexibility index (Phi) is 5.09. The highest BCUT2D eigenvalue weighted by Crippen LogP contribution is 2.24. The molecule has 0 unspecified atom stereocenters. The Morgan fingerprint density at radius 3 is 1.89 bits per heavy atom. The van der Waals surface area contributed by atoms with E-state index in [0.717, 1.165) is 17.1 Å². The van der Waals surface area contributed by atoms with Gasteiger partial charge in [0.05, 0.1) is 11.4 Å². The van der Waals surface area contributed by atoms with E-state index < -0.39 is 10.0 Å². The Labute approximate surface area is 159 Å². The highest BCUT2D eigenvalue weighted by Gasteiger charge is 2.22. The molecule has 0 amide bonds. The topological polar surface area (TPSA) is 90.1 Å². The van der Waals surface area contributed by atoms with E-state index in [4.69, 9.17) is 0 Å². The van der Waals surface area contributed by atoms with Crippen molar-refractivity contribution in [1.82, 2.24) is 10.2 Å². The van der Waals surface area contributed by atoms with Crippen LogP contribution in [-0.2, 0) is 10.0 Å². The lowest BCUT2D eigenvalue weighted by Gasteiger charge is -2.14. The molecule has 0 fully saturated rings. The third-order valence-electron chi connectivity index (χ3n) is 4.14. The normalized spacial score (nSPS) is 11.3. The summed E-state index contributed by atoms with van der Waals surface area (Å²) in [5.74, 6) is 0. The van der Waals surface area contributed by atoms with Crippen molar-refractivity contribution in [3.8, 4) is 0 Å². The number of rotatable bonds is 6. The van der Waals surface area contributed by atoms with Crippen LogP contribution >= 0.6 is 0 Å². The van der Waals surface area contributed by atoms with Gasteiger partial charge in [0, 0.05) is 36.8 Å². The average molecular weight is 385 g/mol. The zero-order chi connectivity index (χ0) is 19.6. The zero-order valence-corrected chi connectivity index (χ0v) is 16.6. The van der Waals surface area contributed by atoms with Crippen molar-refractivity contribution in [3.05, 3.63) is 59.9 Å². The molecule has 3 N–H and O–H groups in total. The number of hydrogen-bond donors (Lipinski definition) is 3. The van der Waals surface area contributed by atoms with Crippen molar-refractivity contribution in [1.29, 1.82) is 0 Å². The van der Waals surface area contributed by atoms with Crippen LogP contribution in [0.5, 0.6) is 0 Å². The van der Waals surface area contributed by atoms with Crippen LogP contribution in [0.15, 0.2) is 53.4 Å². The first-order chi connectivity index (χ1) is 12.8. The second kappa shape index (κ2) is 7.32. The van der Waals surface area contributed by atoms with Crippen LogP contribution in [0.1, 0.15) is 11.4 Å². The van der Waals surface area contributed by atoms with Gasteiger partial charge in [0.25, 0.3) is 10.0 Å². The SMILES string of the molecule is Cc1n[nH]c(C)c1S(=O)(=O)Nc1ccc(Nc2ccc(N(C)C)cc2)cc1. The zero-order valence-electron chi connectivity index (χ0n) is 15.7. The van der Waals surface area contributed by atoms with Crippen LogP contribution in [-0.4, -0.2) is 32.7 Å². The molecule has 0 radical (unpaired) electrons. The van der Waals surface area contributed by atoms with E-state index in [1.165, 1.54) is 0 Å². The van der Waals surface area contributed by atoms with Crippen LogP contribution < -0.4 is 14.9 Å². The number of benzene rings is 2. The summed E-state index contributed by atoms with van der Waals surface area (Å²) in [5, 5.41) is 9.93. The fourth-order valence-corrected chi connectivity index (χ4v) is 4.21. The molecule has 3 aromatic rings. The van der Waals surface area contributed by atoms with Crippen molar-refractivity contribution >= 4 is 32.8 Å². The Balaban J connectivity index is 1.72. The minimum absolute atomic E-state index is 0.186. The lowest BCUT2D eigenvalue weighted by atomic mass is 10.2. The van der Waals surface area contributed by atoms with Crippen LogP contribution in [0.25, 0.3) is 0 Å². The molecule has 0 saturated carbocycles. The minimum Gasteiger partial charge on any atom is -0.378 e. The average Bonchev–Trinajstić information content (AvgIpc) is 2.96. The highest BCUT2D eigenvalue weighted by molar-refractivity contribution is 7.92. The van der Waals surface area contributed by atoms with E-state index in [1.54, 1.807) is 26.0 Å². The van der Waals surface area contributed by atoms with E-state index in [-0.39, 0.29) is 4.90 Å². The van der Waals surface area contributed by atoms with Gasteiger partial charge in [0.2, 0.25) is 0 Å². The van der Waals surface area contributed by atoms with Gasteiger partial charge in [-0.15, -0.1) is 0 Å². The number of nitrogens with one attached hydrogen (secondary N) is 3.